The number of benzene rings is 1. The highest BCUT2D eigenvalue weighted by molar-refractivity contribution is 5.84. The second kappa shape index (κ2) is 4.30. The van der Waals surface area contributed by atoms with Crippen molar-refractivity contribution < 1.29 is 0 Å². The van der Waals surface area contributed by atoms with Gasteiger partial charge in [-0.15, -0.1) is 0 Å². The van der Waals surface area contributed by atoms with E-state index in [0.717, 1.165) is 22.2 Å². The molecule has 0 radical (unpaired) electrons. The van der Waals surface area contributed by atoms with E-state index in [0.29, 0.717) is 0 Å². The number of nitriles is 1. The number of nitrogens with zero attached hydrogens (tertiary/aromatic N) is 3. The number of nitrogens with one attached hydrogen (secondary N) is 1. The fourth-order valence-electron chi connectivity index (χ4n) is 2.10. The largest absolute Gasteiger partial charge is 0.361 e. The minimum atomic E-state index is -0.371. The Morgan fingerprint density at radius 1 is 1.22 bits per heavy atom. The molecule has 0 saturated carbocycles. The van der Waals surface area contributed by atoms with Gasteiger partial charge in [0, 0.05) is 28.9 Å². The highest BCUT2D eigenvalue weighted by Gasteiger charge is 2.18. The topological polar surface area (TPSA) is 65.4 Å². The number of hydrogen-bond acceptors (Lipinski definition) is 3. The number of fused-ring (bicyclic) bond motifs is 1. The van der Waals surface area contributed by atoms with Crippen molar-refractivity contribution in [2.45, 2.75) is 5.92 Å². The minimum Gasteiger partial charge on any atom is -0.361 e. The molecule has 0 bridgehead atoms. The van der Waals surface area contributed by atoms with Gasteiger partial charge in [0.1, 0.15) is 12.2 Å². The average molecular weight is 234 g/mol. The lowest BCUT2D eigenvalue weighted by molar-refractivity contribution is 0.950. The Morgan fingerprint density at radius 3 is 2.89 bits per heavy atom. The lowest BCUT2D eigenvalue weighted by atomic mass is 9.96. The first-order chi connectivity index (χ1) is 8.90. The maximum Gasteiger partial charge on any atom is 0.116 e. The summed E-state index contributed by atoms with van der Waals surface area (Å²) in [7, 11) is 0. The number of H-pyrrole nitrogens is 1. The fraction of sp³-hybridized carbons (Fsp3) is 0.0714. The van der Waals surface area contributed by atoms with E-state index in [-0.39, 0.29) is 5.92 Å². The Morgan fingerprint density at radius 2 is 2.11 bits per heavy atom. The van der Waals surface area contributed by atoms with Crippen molar-refractivity contribution in [1.82, 2.24) is 15.0 Å². The van der Waals surface area contributed by atoms with Crippen molar-refractivity contribution in [3.05, 3.63) is 60.3 Å². The summed E-state index contributed by atoms with van der Waals surface area (Å²) in [6, 6.07) is 12.0. The summed E-state index contributed by atoms with van der Waals surface area (Å²) in [4.78, 5) is 11.2. The predicted octanol–water partition coefficient (Wildman–Crippen LogP) is 2.61. The van der Waals surface area contributed by atoms with Gasteiger partial charge in [0.2, 0.25) is 0 Å². The molecule has 0 amide bonds. The van der Waals surface area contributed by atoms with Crippen LogP contribution in [0.4, 0.5) is 0 Å². The second-order valence-electron chi connectivity index (χ2n) is 3.99. The quantitative estimate of drug-likeness (QED) is 0.741. The maximum atomic E-state index is 9.39. The van der Waals surface area contributed by atoms with Crippen LogP contribution in [-0.2, 0) is 0 Å². The molecule has 1 atom stereocenters. The Labute approximate surface area is 104 Å². The molecule has 2 heterocycles. The number of hydrogen-bond donors (Lipinski definition) is 1. The molecule has 3 aromatic rings. The highest BCUT2D eigenvalue weighted by atomic mass is 14.8. The van der Waals surface area contributed by atoms with Crippen molar-refractivity contribution in [1.29, 1.82) is 5.26 Å². The monoisotopic (exact) mass is 234 g/mol. The molecular weight excluding hydrogens is 224 g/mol. The van der Waals surface area contributed by atoms with Crippen molar-refractivity contribution in [2.75, 3.05) is 0 Å². The smallest absolute Gasteiger partial charge is 0.116 e. The van der Waals surface area contributed by atoms with Gasteiger partial charge >= 0.3 is 0 Å². The van der Waals surface area contributed by atoms with Crippen molar-refractivity contribution >= 4 is 10.9 Å². The first kappa shape index (κ1) is 10.5. The van der Waals surface area contributed by atoms with Gasteiger partial charge in [0.15, 0.2) is 0 Å². The van der Waals surface area contributed by atoms with Gasteiger partial charge in [-0.25, -0.2) is 9.97 Å². The van der Waals surface area contributed by atoms with Crippen LogP contribution in [0, 0.1) is 11.3 Å². The summed E-state index contributed by atoms with van der Waals surface area (Å²) < 4.78 is 0. The van der Waals surface area contributed by atoms with Crippen LogP contribution in [0.3, 0.4) is 0 Å². The molecule has 0 aliphatic carbocycles. The van der Waals surface area contributed by atoms with Crippen LogP contribution >= 0.6 is 0 Å². The van der Waals surface area contributed by atoms with Crippen LogP contribution in [0.1, 0.15) is 17.2 Å². The Bertz CT molecular complexity index is 709. The standard InChI is InChI=1S/C14H10N4/c15-7-11(14-5-6-16-9-18-14)12-8-17-13-4-2-1-3-10(12)13/h1-6,8-9,11,17H. The minimum absolute atomic E-state index is 0.371. The van der Waals surface area contributed by atoms with E-state index in [2.05, 4.69) is 21.0 Å². The molecule has 1 aromatic carbocycles. The molecule has 0 fully saturated rings. The normalized spacial score (nSPS) is 12.2. The van der Waals surface area contributed by atoms with Crippen LogP contribution in [0.25, 0.3) is 10.9 Å². The van der Waals surface area contributed by atoms with Gasteiger partial charge in [-0.3, -0.25) is 0 Å². The molecule has 2 aromatic heterocycles. The Balaban J connectivity index is 2.16. The van der Waals surface area contributed by atoms with Crippen LogP contribution in [0.2, 0.25) is 0 Å². The van der Waals surface area contributed by atoms with Crippen LogP contribution in [-0.4, -0.2) is 15.0 Å². The van der Waals surface area contributed by atoms with Gasteiger partial charge in [-0.05, 0) is 12.1 Å². The summed E-state index contributed by atoms with van der Waals surface area (Å²) in [5, 5.41) is 10.4. The zero-order valence-electron chi connectivity index (χ0n) is 9.54. The first-order valence-electron chi connectivity index (χ1n) is 5.61. The van der Waals surface area contributed by atoms with E-state index in [1.54, 1.807) is 12.3 Å². The van der Waals surface area contributed by atoms with Crippen LogP contribution < -0.4 is 0 Å². The van der Waals surface area contributed by atoms with Gasteiger partial charge in [-0.1, -0.05) is 18.2 Å². The molecular formula is C14H10N4. The van der Waals surface area contributed by atoms with E-state index in [9.17, 15) is 5.26 Å². The summed E-state index contributed by atoms with van der Waals surface area (Å²) in [5.74, 6) is -0.371. The molecule has 0 aliphatic heterocycles. The lowest BCUT2D eigenvalue weighted by Gasteiger charge is -2.06. The molecule has 1 unspecified atom stereocenters. The van der Waals surface area contributed by atoms with Crippen molar-refractivity contribution in [3.63, 3.8) is 0 Å². The molecule has 1 N–H and O–H groups in total. The number of para-hydroxylation sites is 1. The summed E-state index contributed by atoms with van der Waals surface area (Å²) in [6.45, 7) is 0. The zero-order chi connectivity index (χ0) is 12.4. The lowest BCUT2D eigenvalue weighted by Crippen LogP contribution is -2.00. The van der Waals surface area contributed by atoms with E-state index in [1.165, 1.54) is 6.33 Å². The van der Waals surface area contributed by atoms with Crippen LogP contribution in [0.15, 0.2) is 49.1 Å². The van der Waals surface area contributed by atoms with Gasteiger partial charge in [-0.2, -0.15) is 5.26 Å². The molecule has 86 valence electrons. The van der Waals surface area contributed by atoms with E-state index < -0.39 is 0 Å². The third-order valence-corrected chi connectivity index (χ3v) is 2.96. The summed E-state index contributed by atoms with van der Waals surface area (Å²) >= 11 is 0. The number of rotatable bonds is 2. The van der Waals surface area contributed by atoms with E-state index in [1.807, 2.05) is 30.5 Å². The molecule has 0 aliphatic rings. The van der Waals surface area contributed by atoms with Crippen molar-refractivity contribution in [3.8, 4) is 6.07 Å². The number of aromatic amines is 1. The number of aromatic nitrogens is 3. The average Bonchev–Trinajstić information content (AvgIpc) is 2.85. The molecule has 4 heteroatoms. The van der Waals surface area contributed by atoms with E-state index in [4.69, 9.17) is 0 Å². The molecule has 0 spiro atoms. The van der Waals surface area contributed by atoms with Gasteiger partial charge in [0.25, 0.3) is 0 Å². The molecule has 0 saturated heterocycles. The second-order valence-corrected chi connectivity index (χ2v) is 3.99. The predicted molar refractivity (Wildman–Crippen MR) is 67.8 cm³/mol. The Hall–Kier alpha value is -2.67. The van der Waals surface area contributed by atoms with Gasteiger partial charge in [0.05, 0.1) is 11.8 Å². The molecule has 4 nitrogen and oxygen atoms in total. The zero-order valence-corrected chi connectivity index (χ0v) is 9.54. The molecule has 18 heavy (non-hydrogen) atoms. The SMILES string of the molecule is N#CC(c1ccncn1)c1c[nH]c2ccccc12. The van der Waals surface area contributed by atoms with E-state index >= 15 is 0 Å². The van der Waals surface area contributed by atoms with Gasteiger partial charge < -0.3 is 4.98 Å². The summed E-state index contributed by atoms with van der Waals surface area (Å²) in [5.41, 5.74) is 2.70. The molecule has 3 rings (SSSR count). The third kappa shape index (κ3) is 1.62. The first-order valence-corrected chi connectivity index (χ1v) is 5.61. The Kier molecular flexibility index (Phi) is 2.50. The van der Waals surface area contributed by atoms with Crippen molar-refractivity contribution in [2.24, 2.45) is 0 Å². The third-order valence-electron chi connectivity index (χ3n) is 2.96. The van der Waals surface area contributed by atoms with Crippen LogP contribution in [0.5, 0.6) is 0 Å². The fourth-order valence-corrected chi connectivity index (χ4v) is 2.10. The maximum absolute atomic E-state index is 9.39. The summed E-state index contributed by atoms with van der Waals surface area (Å²) in [6.07, 6.45) is 5.00. The highest BCUT2D eigenvalue weighted by Crippen LogP contribution is 2.28.